The predicted octanol–water partition coefficient (Wildman–Crippen LogP) is 1.90. The topological polar surface area (TPSA) is 37.5 Å². The minimum Gasteiger partial charge on any atom is -0.396 e. The van der Waals surface area contributed by atoms with E-state index in [2.05, 4.69) is 23.2 Å². The van der Waals surface area contributed by atoms with E-state index >= 15 is 0 Å². The predicted molar refractivity (Wildman–Crippen MR) is 59.8 cm³/mol. The average Bonchev–Trinajstić information content (AvgIpc) is 2.62. The highest BCUT2D eigenvalue weighted by atomic mass is 16.3. The molecular formula is C12H16N2O. The first-order valence-corrected chi connectivity index (χ1v) is 5.14. The van der Waals surface area contributed by atoms with Crippen LogP contribution in [0.25, 0.3) is 5.65 Å². The molecule has 0 aliphatic rings. The van der Waals surface area contributed by atoms with Crippen molar-refractivity contribution in [1.82, 2.24) is 9.38 Å². The SMILES string of the molecule is CC(C)(CO)Cc1cnc2ccccn12. The number of hydrogen-bond acceptors (Lipinski definition) is 2. The highest BCUT2D eigenvalue weighted by molar-refractivity contribution is 5.39. The molecule has 0 saturated heterocycles. The Morgan fingerprint density at radius 2 is 2.20 bits per heavy atom. The summed E-state index contributed by atoms with van der Waals surface area (Å²) < 4.78 is 2.07. The second kappa shape index (κ2) is 3.66. The fourth-order valence-electron chi connectivity index (χ4n) is 1.66. The van der Waals surface area contributed by atoms with Crippen LogP contribution in [0.4, 0.5) is 0 Å². The summed E-state index contributed by atoms with van der Waals surface area (Å²) in [5.41, 5.74) is 2.01. The number of aliphatic hydroxyl groups is 1. The normalized spacial score (nSPS) is 12.2. The van der Waals surface area contributed by atoms with Gasteiger partial charge in [0.1, 0.15) is 5.65 Å². The van der Waals surface area contributed by atoms with E-state index in [1.54, 1.807) is 0 Å². The molecule has 0 aromatic carbocycles. The summed E-state index contributed by atoms with van der Waals surface area (Å²) in [6.45, 7) is 4.29. The number of pyridine rings is 1. The van der Waals surface area contributed by atoms with Gasteiger partial charge in [-0.2, -0.15) is 0 Å². The summed E-state index contributed by atoms with van der Waals surface area (Å²) >= 11 is 0. The summed E-state index contributed by atoms with van der Waals surface area (Å²) in [5, 5.41) is 9.24. The van der Waals surface area contributed by atoms with Crippen LogP contribution in [0, 0.1) is 5.41 Å². The lowest BCUT2D eigenvalue weighted by atomic mass is 9.89. The van der Waals surface area contributed by atoms with Gasteiger partial charge in [0.05, 0.1) is 0 Å². The first-order chi connectivity index (χ1) is 7.12. The Morgan fingerprint density at radius 3 is 2.93 bits per heavy atom. The number of nitrogens with zero attached hydrogens (tertiary/aromatic N) is 2. The van der Waals surface area contributed by atoms with Crippen LogP contribution >= 0.6 is 0 Å². The van der Waals surface area contributed by atoms with Crippen molar-refractivity contribution in [2.24, 2.45) is 5.41 Å². The van der Waals surface area contributed by atoms with Crippen molar-refractivity contribution in [1.29, 1.82) is 0 Å². The summed E-state index contributed by atoms with van der Waals surface area (Å²) in [6, 6.07) is 5.95. The van der Waals surface area contributed by atoms with E-state index < -0.39 is 0 Å². The van der Waals surface area contributed by atoms with E-state index in [-0.39, 0.29) is 12.0 Å². The molecule has 2 aromatic rings. The van der Waals surface area contributed by atoms with E-state index in [9.17, 15) is 5.11 Å². The van der Waals surface area contributed by atoms with Gasteiger partial charge < -0.3 is 9.51 Å². The number of aromatic nitrogens is 2. The van der Waals surface area contributed by atoms with Gasteiger partial charge in [0.2, 0.25) is 0 Å². The molecule has 3 nitrogen and oxygen atoms in total. The van der Waals surface area contributed by atoms with Gasteiger partial charge in [0, 0.05) is 24.7 Å². The molecule has 0 saturated carbocycles. The molecule has 0 aliphatic heterocycles. The summed E-state index contributed by atoms with van der Waals surface area (Å²) in [5.74, 6) is 0. The number of hydrogen-bond donors (Lipinski definition) is 1. The quantitative estimate of drug-likeness (QED) is 0.829. The lowest BCUT2D eigenvalue weighted by Crippen LogP contribution is -2.20. The van der Waals surface area contributed by atoms with Crippen LogP contribution in [0.3, 0.4) is 0 Å². The van der Waals surface area contributed by atoms with Crippen LogP contribution in [0.5, 0.6) is 0 Å². The van der Waals surface area contributed by atoms with Crippen molar-refractivity contribution in [3.63, 3.8) is 0 Å². The second-order valence-electron chi connectivity index (χ2n) is 4.68. The number of fused-ring (bicyclic) bond motifs is 1. The molecule has 0 aliphatic carbocycles. The van der Waals surface area contributed by atoms with Crippen molar-refractivity contribution in [3.05, 3.63) is 36.3 Å². The van der Waals surface area contributed by atoms with Crippen molar-refractivity contribution in [2.75, 3.05) is 6.61 Å². The fraction of sp³-hybridized carbons (Fsp3) is 0.417. The van der Waals surface area contributed by atoms with Crippen LogP contribution in [0.1, 0.15) is 19.5 Å². The highest BCUT2D eigenvalue weighted by Crippen LogP contribution is 2.21. The molecule has 80 valence electrons. The monoisotopic (exact) mass is 204 g/mol. The second-order valence-corrected chi connectivity index (χ2v) is 4.68. The first kappa shape index (κ1) is 10.2. The van der Waals surface area contributed by atoms with Crippen LogP contribution in [0.2, 0.25) is 0 Å². The van der Waals surface area contributed by atoms with Crippen molar-refractivity contribution < 1.29 is 5.11 Å². The summed E-state index contributed by atoms with van der Waals surface area (Å²) in [4.78, 5) is 4.32. The van der Waals surface area contributed by atoms with Crippen LogP contribution in [-0.4, -0.2) is 21.1 Å². The maximum atomic E-state index is 9.24. The number of rotatable bonds is 3. The van der Waals surface area contributed by atoms with E-state index in [4.69, 9.17) is 0 Å². The molecule has 0 spiro atoms. The highest BCUT2D eigenvalue weighted by Gasteiger charge is 2.19. The Balaban J connectivity index is 2.37. The minimum absolute atomic E-state index is 0.0915. The summed E-state index contributed by atoms with van der Waals surface area (Å²) in [6.07, 6.45) is 4.71. The van der Waals surface area contributed by atoms with Gasteiger partial charge in [0.25, 0.3) is 0 Å². The maximum absolute atomic E-state index is 9.24. The molecule has 15 heavy (non-hydrogen) atoms. The Kier molecular flexibility index (Phi) is 2.49. The molecule has 2 rings (SSSR count). The number of imidazole rings is 1. The third-order valence-corrected chi connectivity index (χ3v) is 2.58. The van der Waals surface area contributed by atoms with Gasteiger partial charge in [0.15, 0.2) is 0 Å². The molecule has 0 fully saturated rings. The molecule has 2 heterocycles. The zero-order valence-corrected chi connectivity index (χ0v) is 9.14. The Morgan fingerprint density at radius 1 is 1.40 bits per heavy atom. The molecule has 1 N–H and O–H groups in total. The van der Waals surface area contributed by atoms with E-state index in [0.717, 1.165) is 17.8 Å². The van der Waals surface area contributed by atoms with Gasteiger partial charge in [-0.15, -0.1) is 0 Å². The Hall–Kier alpha value is -1.35. The smallest absolute Gasteiger partial charge is 0.136 e. The van der Waals surface area contributed by atoms with Gasteiger partial charge in [-0.3, -0.25) is 0 Å². The van der Waals surface area contributed by atoms with Crippen molar-refractivity contribution >= 4 is 5.65 Å². The third kappa shape index (κ3) is 2.02. The van der Waals surface area contributed by atoms with E-state index in [1.807, 2.05) is 30.6 Å². The van der Waals surface area contributed by atoms with Gasteiger partial charge in [-0.25, -0.2) is 4.98 Å². The van der Waals surface area contributed by atoms with E-state index in [0.29, 0.717) is 0 Å². The average molecular weight is 204 g/mol. The minimum atomic E-state index is -0.0915. The molecule has 2 aromatic heterocycles. The van der Waals surface area contributed by atoms with Gasteiger partial charge >= 0.3 is 0 Å². The zero-order chi connectivity index (χ0) is 10.9. The molecule has 0 bridgehead atoms. The fourth-order valence-corrected chi connectivity index (χ4v) is 1.66. The van der Waals surface area contributed by atoms with Crippen LogP contribution in [-0.2, 0) is 6.42 Å². The molecule has 0 atom stereocenters. The van der Waals surface area contributed by atoms with Crippen LogP contribution < -0.4 is 0 Å². The largest absolute Gasteiger partial charge is 0.396 e. The standard InChI is InChI=1S/C12H16N2O/c1-12(2,9-15)7-10-8-13-11-5-3-4-6-14(10)11/h3-6,8,15H,7,9H2,1-2H3. The van der Waals surface area contributed by atoms with Gasteiger partial charge in [-0.05, 0) is 24.0 Å². The first-order valence-electron chi connectivity index (χ1n) is 5.14. The third-order valence-electron chi connectivity index (χ3n) is 2.58. The lowest BCUT2D eigenvalue weighted by molar-refractivity contribution is 0.158. The summed E-state index contributed by atoms with van der Waals surface area (Å²) in [7, 11) is 0. The van der Waals surface area contributed by atoms with Gasteiger partial charge in [-0.1, -0.05) is 19.9 Å². The van der Waals surface area contributed by atoms with E-state index in [1.165, 1.54) is 0 Å². The van der Waals surface area contributed by atoms with Crippen molar-refractivity contribution in [2.45, 2.75) is 20.3 Å². The molecule has 0 unspecified atom stereocenters. The molecule has 3 heteroatoms. The molecular weight excluding hydrogens is 188 g/mol. The lowest BCUT2D eigenvalue weighted by Gasteiger charge is -2.20. The Bertz CT molecular complexity index is 459. The molecule has 0 amide bonds. The molecule has 0 radical (unpaired) electrons. The maximum Gasteiger partial charge on any atom is 0.136 e. The Labute approximate surface area is 89.4 Å². The number of aliphatic hydroxyl groups excluding tert-OH is 1. The van der Waals surface area contributed by atoms with Crippen molar-refractivity contribution in [3.8, 4) is 0 Å². The van der Waals surface area contributed by atoms with Crippen LogP contribution in [0.15, 0.2) is 30.6 Å². The zero-order valence-electron chi connectivity index (χ0n) is 9.14.